The van der Waals surface area contributed by atoms with Gasteiger partial charge in [0.1, 0.15) is 21.1 Å². The fourth-order valence-corrected chi connectivity index (χ4v) is 4.12. The van der Waals surface area contributed by atoms with E-state index < -0.39 is 30.0 Å². The first-order valence-corrected chi connectivity index (χ1v) is 10.4. The molecule has 0 unspecified atom stereocenters. The first-order valence-electron chi connectivity index (χ1n) is 9.61. The fourth-order valence-electron chi connectivity index (χ4n) is 3.04. The van der Waals surface area contributed by atoms with Gasteiger partial charge in [-0.1, -0.05) is 0 Å². The SMILES string of the molecule is CCOC(=O)c1sc(NC(=O)c2cnn3c(C(F)F)cc(C)nc23)c(C(=O)OCC)c1C. The van der Waals surface area contributed by atoms with E-state index in [-0.39, 0.29) is 45.6 Å². The van der Waals surface area contributed by atoms with Crippen LogP contribution in [0.4, 0.5) is 13.8 Å². The van der Waals surface area contributed by atoms with E-state index in [0.29, 0.717) is 5.56 Å². The van der Waals surface area contributed by atoms with Crippen LogP contribution in [0.15, 0.2) is 12.3 Å². The molecule has 3 aromatic heterocycles. The van der Waals surface area contributed by atoms with E-state index in [0.717, 1.165) is 22.0 Å². The van der Waals surface area contributed by atoms with Gasteiger partial charge in [0, 0.05) is 5.69 Å². The Hall–Kier alpha value is -3.41. The summed E-state index contributed by atoms with van der Waals surface area (Å²) in [6.45, 7) is 6.55. The van der Waals surface area contributed by atoms with E-state index in [1.807, 2.05) is 0 Å². The van der Waals surface area contributed by atoms with Gasteiger partial charge in [-0.3, -0.25) is 4.79 Å². The predicted molar refractivity (Wildman–Crippen MR) is 112 cm³/mol. The number of rotatable bonds is 7. The molecule has 3 aromatic rings. The Labute approximate surface area is 185 Å². The summed E-state index contributed by atoms with van der Waals surface area (Å²) < 4.78 is 37.7. The summed E-state index contributed by atoms with van der Waals surface area (Å²) in [5, 5.41) is 6.48. The van der Waals surface area contributed by atoms with Gasteiger partial charge in [0.05, 0.1) is 25.0 Å². The van der Waals surface area contributed by atoms with Crippen molar-refractivity contribution in [2.75, 3.05) is 18.5 Å². The Balaban J connectivity index is 2.05. The first-order chi connectivity index (χ1) is 15.2. The normalized spacial score (nSPS) is 11.1. The molecule has 0 aliphatic rings. The highest BCUT2D eigenvalue weighted by Gasteiger charge is 2.28. The number of esters is 2. The molecule has 0 fully saturated rings. The predicted octanol–water partition coefficient (Wildman–Crippen LogP) is 3.95. The summed E-state index contributed by atoms with van der Waals surface area (Å²) in [6.07, 6.45) is -1.71. The minimum absolute atomic E-state index is 0.0159. The summed E-state index contributed by atoms with van der Waals surface area (Å²) in [6, 6.07) is 1.18. The average molecular weight is 466 g/mol. The number of aromatic nitrogens is 3. The number of nitrogens with zero attached hydrogens (tertiary/aromatic N) is 3. The molecule has 3 heterocycles. The van der Waals surface area contributed by atoms with E-state index in [9.17, 15) is 23.2 Å². The summed E-state index contributed by atoms with van der Waals surface area (Å²) in [5.41, 5.74) is 0.0585. The van der Waals surface area contributed by atoms with Crippen molar-refractivity contribution in [2.24, 2.45) is 0 Å². The molecule has 3 rings (SSSR count). The highest BCUT2D eigenvalue weighted by molar-refractivity contribution is 7.18. The van der Waals surface area contributed by atoms with Crippen molar-refractivity contribution in [1.82, 2.24) is 14.6 Å². The molecular formula is C20H20F2N4O5S. The van der Waals surface area contributed by atoms with Gasteiger partial charge in [0.2, 0.25) is 0 Å². The van der Waals surface area contributed by atoms with Gasteiger partial charge in [-0.15, -0.1) is 11.3 Å². The van der Waals surface area contributed by atoms with Gasteiger partial charge in [-0.05, 0) is 39.3 Å². The number of hydrogen-bond donors (Lipinski definition) is 1. The zero-order valence-electron chi connectivity index (χ0n) is 17.7. The fraction of sp³-hybridized carbons (Fsp3) is 0.350. The average Bonchev–Trinajstić information content (AvgIpc) is 3.28. The maximum absolute atomic E-state index is 13.4. The lowest BCUT2D eigenvalue weighted by Gasteiger charge is -2.07. The van der Waals surface area contributed by atoms with Gasteiger partial charge in [-0.2, -0.15) is 5.10 Å². The third-order valence-corrected chi connectivity index (χ3v) is 5.60. The molecular weight excluding hydrogens is 446 g/mol. The summed E-state index contributed by atoms with van der Waals surface area (Å²) in [7, 11) is 0. The quantitative estimate of drug-likeness (QED) is 0.525. The van der Waals surface area contributed by atoms with Crippen LogP contribution in [-0.2, 0) is 9.47 Å². The molecule has 0 saturated carbocycles. The highest BCUT2D eigenvalue weighted by atomic mass is 32.1. The van der Waals surface area contributed by atoms with Crippen LogP contribution in [0.25, 0.3) is 5.65 Å². The van der Waals surface area contributed by atoms with Crippen molar-refractivity contribution >= 4 is 39.8 Å². The second-order valence-corrected chi connectivity index (χ2v) is 7.59. The highest BCUT2D eigenvalue weighted by Crippen LogP contribution is 2.35. The van der Waals surface area contributed by atoms with Crippen LogP contribution >= 0.6 is 11.3 Å². The molecule has 0 aliphatic carbocycles. The Morgan fingerprint density at radius 1 is 1.16 bits per heavy atom. The molecule has 1 amide bonds. The number of thiophene rings is 1. The maximum Gasteiger partial charge on any atom is 0.348 e. The van der Waals surface area contributed by atoms with Crippen molar-refractivity contribution < 1.29 is 32.6 Å². The van der Waals surface area contributed by atoms with Crippen molar-refractivity contribution in [3.63, 3.8) is 0 Å². The van der Waals surface area contributed by atoms with E-state index in [4.69, 9.17) is 9.47 Å². The smallest absolute Gasteiger partial charge is 0.348 e. The van der Waals surface area contributed by atoms with Crippen molar-refractivity contribution in [1.29, 1.82) is 0 Å². The van der Waals surface area contributed by atoms with E-state index in [1.54, 1.807) is 20.8 Å². The van der Waals surface area contributed by atoms with Crippen LogP contribution in [-0.4, -0.2) is 45.7 Å². The number of alkyl halides is 2. The lowest BCUT2D eigenvalue weighted by molar-refractivity contribution is 0.0527. The summed E-state index contributed by atoms with van der Waals surface area (Å²) in [4.78, 5) is 42.0. The Kier molecular flexibility index (Phi) is 6.82. The molecule has 12 heteroatoms. The second kappa shape index (κ2) is 9.39. The standard InChI is InChI=1S/C20H20F2N4O5S/c1-5-30-19(28)13-10(4)14(20(29)31-6-2)32-18(13)25-17(27)11-8-23-26-12(15(21)22)7-9(3)24-16(11)26/h7-8,15H,5-6H2,1-4H3,(H,25,27). The largest absolute Gasteiger partial charge is 0.462 e. The monoisotopic (exact) mass is 466 g/mol. The lowest BCUT2D eigenvalue weighted by atomic mass is 10.1. The molecule has 0 aliphatic heterocycles. The number of nitrogens with one attached hydrogen (secondary N) is 1. The van der Waals surface area contributed by atoms with E-state index >= 15 is 0 Å². The van der Waals surface area contributed by atoms with Crippen LogP contribution in [0.3, 0.4) is 0 Å². The number of carbonyl (C=O) groups excluding carboxylic acids is 3. The van der Waals surface area contributed by atoms with Crippen LogP contribution in [0.5, 0.6) is 0 Å². The molecule has 0 saturated heterocycles. The molecule has 1 N–H and O–H groups in total. The van der Waals surface area contributed by atoms with E-state index in [2.05, 4.69) is 15.4 Å². The van der Waals surface area contributed by atoms with Gasteiger partial charge in [0.15, 0.2) is 5.65 Å². The minimum Gasteiger partial charge on any atom is -0.462 e. The van der Waals surface area contributed by atoms with Crippen molar-refractivity contribution in [2.45, 2.75) is 34.1 Å². The maximum atomic E-state index is 13.4. The zero-order valence-corrected chi connectivity index (χ0v) is 18.5. The number of aryl methyl sites for hydroxylation is 1. The van der Waals surface area contributed by atoms with Gasteiger partial charge in [-0.25, -0.2) is 27.9 Å². The van der Waals surface area contributed by atoms with Gasteiger partial charge in [0.25, 0.3) is 12.3 Å². The number of anilines is 1. The van der Waals surface area contributed by atoms with Crippen LogP contribution in [0, 0.1) is 13.8 Å². The number of halogens is 2. The molecule has 0 bridgehead atoms. The summed E-state index contributed by atoms with van der Waals surface area (Å²) >= 11 is 0.856. The topological polar surface area (TPSA) is 112 Å². The van der Waals surface area contributed by atoms with E-state index in [1.165, 1.54) is 13.0 Å². The molecule has 170 valence electrons. The first kappa shape index (κ1) is 23.3. The number of amides is 1. The van der Waals surface area contributed by atoms with Gasteiger partial charge < -0.3 is 14.8 Å². The van der Waals surface area contributed by atoms with Crippen molar-refractivity contribution in [3.05, 3.63) is 45.2 Å². The molecule has 32 heavy (non-hydrogen) atoms. The Morgan fingerprint density at radius 2 is 1.81 bits per heavy atom. The van der Waals surface area contributed by atoms with Gasteiger partial charge >= 0.3 is 11.9 Å². The zero-order chi connectivity index (χ0) is 23.6. The van der Waals surface area contributed by atoms with Crippen molar-refractivity contribution in [3.8, 4) is 0 Å². The summed E-state index contributed by atoms with van der Waals surface area (Å²) in [5.74, 6) is -2.10. The molecule has 0 radical (unpaired) electrons. The van der Waals surface area contributed by atoms with Crippen LogP contribution < -0.4 is 5.32 Å². The number of carbonyl (C=O) groups is 3. The number of ether oxygens (including phenoxy) is 2. The molecule has 9 nitrogen and oxygen atoms in total. The number of hydrogen-bond acceptors (Lipinski definition) is 8. The Bertz CT molecular complexity index is 1200. The third-order valence-electron chi connectivity index (χ3n) is 4.41. The van der Waals surface area contributed by atoms with Crippen LogP contribution in [0.1, 0.15) is 67.6 Å². The molecule has 0 aromatic carbocycles. The third kappa shape index (κ3) is 4.31. The Morgan fingerprint density at radius 3 is 2.44 bits per heavy atom. The number of fused-ring (bicyclic) bond motifs is 1. The molecule has 0 spiro atoms. The lowest BCUT2D eigenvalue weighted by Crippen LogP contribution is -2.15. The molecule has 0 atom stereocenters. The minimum atomic E-state index is -2.82. The van der Waals surface area contributed by atoms with Crippen LogP contribution in [0.2, 0.25) is 0 Å². The second-order valence-electron chi connectivity index (χ2n) is 6.57.